The van der Waals surface area contributed by atoms with Crippen LogP contribution in [0.2, 0.25) is 5.02 Å². The first-order valence-electron chi connectivity index (χ1n) is 7.02. The first-order chi connectivity index (χ1) is 10.2. The fraction of sp³-hybridized carbons (Fsp3) is 0.312. The number of pyridine rings is 1. The van der Waals surface area contributed by atoms with Gasteiger partial charge in [0.2, 0.25) is 0 Å². The highest BCUT2D eigenvalue weighted by molar-refractivity contribution is 6.31. The van der Waals surface area contributed by atoms with Crippen LogP contribution in [0.3, 0.4) is 0 Å². The second-order valence-electron chi connectivity index (χ2n) is 5.21. The van der Waals surface area contributed by atoms with Crippen LogP contribution in [0.5, 0.6) is 0 Å². The van der Waals surface area contributed by atoms with Crippen molar-refractivity contribution in [2.45, 2.75) is 12.6 Å². The lowest BCUT2D eigenvalue weighted by Crippen LogP contribution is -2.45. The molecule has 0 aliphatic carbocycles. The topological polar surface area (TPSA) is 28.2 Å². The largest absolute Gasteiger partial charge is 0.314 e. The number of benzene rings is 1. The minimum Gasteiger partial charge on any atom is -0.314 e. The van der Waals surface area contributed by atoms with E-state index in [-0.39, 0.29) is 11.9 Å². The van der Waals surface area contributed by atoms with Gasteiger partial charge in [0.15, 0.2) is 0 Å². The van der Waals surface area contributed by atoms with Crippen molar-refractivity contribution < 1.29 is 4.39 Å². The van der Waals surface area contributed by atoms with E-state index < -0.39 is 0 Å². The molecule has 2 aromatic rings. The Morgan fingerprint density at radius 1 is 1.38 bits per heavy atom. The molecule has 0 spiro atoms. The number of piperazine rings is 1. The third kappa shape index (κ3) is 3.40. The van der Waals surface area contributed by atoms with Crippen LogP contribution >= 0.6 is 11.6 Å². The monoisotopic (exact) mass is 305 g/mol. The summed E-state index contributed by atoms with van der Waals surface area (Å²) in [6.07, 6.45) is 3.68. The molecule has 3 rings (SSSR count). The molecule has 1 aromatic heterocycles. The normalized spacial score (nSPS) is 19.6. The number of nitrogens with zero attached hydrogens (tertiary/aromatic N) is 2. The van der Waals surface area contributed by atoms with Crippen molar-refractivity contribution in [3.63, 3.8) is 0 Å². The van der Waals surface area contributed by atoms with Crippen LogP contribution in [-0.4, -0.2) is 29.5 Å². The highest BCUT2D eigenvalue weighted by atomic mass is 35.5. The number of hydrogen-bond donors (Lipinski definition) is 1. The SMILES string of the molecule is Fc1ccc(CN2CCNCC2c2cccnc2)c(Cl)c1. The molecule has 1 fully saturated rings. The van der Waals surface area contributed by atoms with Gasteiger partial charge in [-0.05, 0) is 29.3 Å². The molecule has 0 radical (unpaired) electrons. The van der Waals surface area contributed by atoms with Gasteiger partial charge in [0.1, 0.15) is 5.82 Å². The van der Waals surface area contributed by atoms with Crippen molar-refractivity contribution in [1.82, 2.24) is 15.2 Å². The third-order valence-corrected chi connectivity index (χ3v) is 4.16. The average molecular weight is 306 g/mol. The molecule has 1 saturated heterocycles. The highest BCUT2D eigenvalue weighted by Crippen LogP contribution is 2.26. The fourth-order valence-corrected chi connectivity index (χ4v) is 2.93. The predicted octanol–water partition coefficient (Wildman–Crippen LogP) is 3.02. The molecule has 110 valence electrons. The molecule has 0 saturated carbocycles. The lowest BCUT2D eigenvalue weighted by atomic mass is 10.0. The second kappa shape index (κ2) is 6.52. The number of hydrogen-bond acceptors (Lipinski definition) is 3. The zero-order chi connectivity index (χ0) is 14.7. The lowest BCUT2D eigenvalue weighted by Gasteiger charge is -2.36. The number of halogens is 2. The van der Waals surface area contributed by atoms with E-state index >= 15 is 0 Å². The van der Waals surface area contributed by atoms with Crippen molar-refractivity contribution in [2.75, 3.05) is 19.6 Å². The fourth-order valence-electron chi connectivity index (χ4n) is 2.71. The Morgan fingerprint density at radius 2 is 2.29 bits per heavy atom. The molecule has 1 N–H and O–H groups in total. The third-order valence-electron chi connectivity index (χ3n) is 3.81. The summed E-state index contributed by atoms with van der Waals surface area (Å²) in [5, 5.41) is 3.90. The smallest absolute Gasteiger partial charge is 0.124 e. The standard InChI is InChI=1S/C16H17ClFN3/c17-15-8-14(18)4-3-13(15)11-21-7-6-20-10-16(21)12-2-1-5-19-9-12/h1-5,8-9,16,20H,6-7,10-11H2. The van der Waals surface area contributed by atoms with Gasteiger partial charge in [-0.25, -0.2) is 4.39 Å². The minimum absolute atomic E-state index is 0.258. The van der Waals surface area contributed by atoms with Crippen molar-refractivity contribution >= 4 is 11.6 Å². The first kappa shape index (κ1) is 14.4. The van der Waals surface area contributed by atoms with Crippen LogP contribution < -0.4 is 5.32 Å². The molecule has 0 bridgehead atoms. The molecule has 1 unspecified atom stereocenters. The number of aromatic nitrogens is 1. The predicted molar refractivity (Wildman–Crippen MR) is 81.7 cm³/mol. The molecule has 1 aliphatic rings. The van der Waals surface area contributed by atoms with Crippen LogP contribution in [0.15, 0.2) is 42.7 Å². The van der Waals surface area contributed by atoms with Crippen LogP contribution in [0.4, 0.5) is 4.39 Å². The van der Waals surface area contributed by atoms with Gasteiger partial charge in [0.25, 0.3) is 0 Å². The van der Waals surface area contributed by atoms with E-state index in [2.05, 4.69) is 21.3 Å². The van der Waals surface area contributed by atoms with Gasteiger partial charge in [0.05, 0.1) is 0 Å². The Kier molecular flexibility index (Phi) is 4.48. The van der Waals surface area contributed by atoms with E-state index in [4.69, 9.17) is 11.6 Å². The highest BCUT2D eigenvalue weighted by Gasteiger charge is 2.24. The molecular weight excluding hydrogens is 289 g/mol. The van der Waals surface area contributed by atoms with E-state index in [1.165, 1.54) is 17.7 Å². The van der Waals surface area contributed by atoms with Crippen molar-refractivity contribution in [1.29, 1.82) is 0 Å². The summed E-state index contributed by atoms with van der Waals surface area (Å²) in [6, 6.07) is 8.89. The van der Waals surface area contributed by atoms with Crippen LogP contribution in [-0.2, 0) is 6.54 Å². The summed E-state index contributed by atoms with van der Waals surface area (Å²) >= 11 is 6.15. The summed E-state index contributed by atoms with van der Waals surface area (Å²) in [5.41, 5.74) is 2.14. The molecule has 3 nitrogen and oxygen atoms in total. The quantitative estimate of drug-likeness (QED) is 0.945. The van der Waals surface area contributed by atoms with Gasteiger partial charge in [-0.2, -0.15) is 0 Å². The number of nitrogens with one attached hydrogen (secondary N) is 1. The molecular formula is C16H17ClFN3. The first-order valence-corrected chi connectivity index (χ1v) is 7.40. The Morgan fingerprint density at radius 3 is 3.05 bits per heavy atom. The summed E-state index contributed by atoms with van der Waals surface area (Å²) in [6.45, 7) is 3.45. The molecule has 1 aliphatic heterocycles. The second-order valence-corrected chi connectivity index (χ2v) is 5.62. The van der Waals surface area contributed by atoms with Gasteiger partial charge in [-0.15, -0.1) is 0 Å². The molecule has 2 heterocycles. The average Bonchev–Trinajstić information content (AvgIpc) is 2.51. The maximum Gasteiger partial charge on any atom is 0.124 e. The lowest BCUT2D eigenvalue weighted by molar-refractivity contribution is 0.153. The van der Waals surface area contributed by atoms with Crippen LogP contribution in [0.1, 0.15) is 17.2 Å². The molecule has 0 amide bonds. The molecule has 5 heteroatoms. The van der Waals surface area contributed by atoms with Crippen molar-refractivity contribution in [3.05, 3.63) is 64.7 Å². The van der Waals surface area contributed by atoms with E-state index in [0.717, 1.165) is 25.2 Å². The summed E-state index contributed by atoms with van der Waals surface area (Å²) in [4.78, 5) is 6.55. The summed E-state index contributed by atoms with van der Waals surface area (Å²) in [7, 11) is 0. The van der Waals surface area contributed by atoms with Gasteiger partial charge >= 0.3 is 0 Å². The van der Waals surface area contributed by atoms with E-state index in [0.29, 0.717) is 11.6 Å². The summed E-state index contributed by atoms with van der Waals surface area (Å²) < 4.78 is 13.2. The number of rotatable bonds is 3. The zero-order valence-corrected chi connectivity index (χ0v) is 12.4. The van der Waals surface area contributed by atoms with Crippen LogP contribution in [0, 0.1) is 5.82 Å². The Labute approximate surface area is 128 Å². The molecule has 21 heavy (non-hydrogen) atoms. The molecule has 1 atom stereocenters. The Balaban J connectivity index is 1.81. The van der Waals surface area contributed by atoms with Gasteiger partial charge in [-0.1, -0.05) is 23.7 Å². The van der Waals surface area contributed by atoms with E-state index in [1.54, 1.807) is 12.3 Å². The maximum absolute atomic E-state index is 13.2. The maximum atomic E-state index is 13.2. The van der Waals surface area contributed by atoms with E-state index in [9.17, 15) is 4.39 Å². The van der Waals surface area contributed by atoms with Crippen LogP contribution in [0.25, 0.3) is 0 Å². The van der Waals surface area contributed by atoms with Crippen molar-refractivity contribution in [2.24, 2.45) is 0 Å². The van der Waals surface area contributed by atoms with E-state index in [1.807, 2.05) is 12.3 Å². The zero-order valence-electron chi connectivity index (χ0n) is 11.6. The van der Waals surface area contributed by atoms with Gasteiger partial charge in [-0.3, -0.25) is 9.88 Å². The van der Waals surface area contributed by atoms with Gasteiger partial charge < -0.3 is 5.32 Å². The van der Waals surface area contributed by atoms with Crippen molar-refractivity contribution in [3.8, 4) is 0 Å². The molecule has 1 aromatic carbocycles. The summed E-state index contributed by atoms with van der Waals surface area (Å²) in [5.74, 6) is -0.298. The minimum atomic E-state index is -0.298. The van der Waals surface area contributed by atoms with Gasteiger partial charge in [0, 0.05) is 49.6 Å². The Hall–Kier alpha value is -1.49. The Bertz CT molecular complexity index is 606.